The van der Waals surface area contributed by atoms with Crippen LogP contribution in [0, 0.1) is 0 Å². The highest BCUT2D eigenvalue weighted by atomic mass is 32.1. The maximum absolute atomic E-state index is 13.1. The van der Waals surface area contributed by atoms with Gasteiger partial charge in [-0.2, -0.15) is 4.98 Å². The van der Waals surface area contributed by atoms with Gasteiger partial charge >= 0.3 is 5.76 Å². The average molecular weight is 476 g/mol. The second-order valence-electron chi connectivity index (χ2n) is 8.29. The van der Waals surface area contributed by atoms with Crippen molar-refractivity contribution in [3.05, 3.63) is 58.7 Å². The summed E-state index contributed by atoms with van der Waals surface area (Å²) < 4.78 is 6.70. The topological polar surface area (TPSA) is 113 Å². The molecular formula is C23H21N7O3S. The molecule has 1 aromatic carbocycles. The molecule has 0 radical (unpaired) electrons. The van der Waals surface area contributed by atoms with E-state index >= 15 is 0 Å². The summed E-state index contributed by atoms with van der Waals surface area (Å²) in [5.74, 6) is 0.823. The van der Waals surface area contributed by atoms with E-state index in [4.69, 9.17) is 9.40 Å². The summed E-state index contributed by atoms with van der Waals surface area (Å²) in [5.41, 5.74) is 4.54. The summed E-state index contributed by atoms with van der Waals surface area (Å²) in [6.07, 6.45) is 1.74. The molecule has 2 aromatic heterocycles. The van der Waals surface area contributed by atoms with Gasteiger partial charge in [0.15, 0.2) is 17.4 Å². The molecule has 1 N–H and O–H groups in total. The number of carbonyl (C=O) groups is 1. The average Bonchev–Trinajstić information content (AvgIpc) is 3.56. The van der Waals surface area contributed by atoms with E-state index in [0.717, 1.165) is 27.6 Å². The Balaban J connectivity index is 1.19. The van der Waals surface area contributed by atoms with Gasteiger partial charge in [0.05, 0.1) is 16.5 Å². The molecule has 3 aliphatic heterocycles. The SMILES string of the molecule is CC1CN(c2scnc2-c2nc3ccccc3[nH]2)CCN1C(=O)Cn1cccc2oc(=O)nc1-2. The Morgan fingerprint density at radius 3 is 2.94 bits per heavy atom. The van der Waals surface area contributed by atoms with E-state index in [9.17, 15) is 9.59 Å². The molecule has 3 aliphatic rings. The van der Waals surface area contributed by atoms with Gasteiger partial charge in [0, 0.05) is 31.9 Å². The number of H-pyrrole nitrogens is 1. The maximum atomic E-state index is 13.1. The van der Waals surface area contributed by atoms with Crippen LogP contribution < -0.4 is 10.7 Å². The Labute approximate surface area is 197 Å². The number of nitrogens with one attached hydrogen (secondary N) is 1. The van der Waals surface area contributed by atoms with Crippen LogP contribution in [0.2, 0.25) is 0 Å². The normalized spacial score (nSPS) is 16.6. The molecule has 0 bridgehead atoms. The molecule has 0 saturated carbocycles. The summed E-state index contributed by atoms with van der Waals surface area (Å²) in [5, 5.41) is 1.04. The highest BCUT2D eigenvalue weighted by Crippen LogP contribution is 2.34. The van der Waals surface area contributed by atoms with E-state index in [-0.39, 0.29) is 18.5 Å². The molecule has 0 aliphatic carbocycles. The lowest BCUT2D eigenvalue weighted by atomic mass is 10.2. The molecule has 3 aromatic rings. The van der Waals surface area contributed by atoms with Crippen LogP contribution in [0.25, 0.3) is 34.1 Å². The van der Waals surface area contributed by atoms with Crippen LogP contribution in [0.5, 0.6) is 0 Å². The van der Waals surface area contributed by atoms with Gasteiger partial charge in [0.1, 0.15) is 17.2 Å². The van der Waals surface area contributed by atoms with Gasteiger partial charge in [-0.25, -0.2) is 14.8 Å². The predicted octanol–water partition coefficient (Wildman–Crippen LogP) is 2.68. The van der Waals surface area contributed by atoms with Crippen molar-refractivity contribution in [1.29, 1.82) is 0 Å². The van der Waals surface area contributed by atoms with Crippen molar-refractivity contribution >= 4 is 33.3 Å². The van der Waals surface area contributed by atoms with Crippen molar-refractivity contribution in [1.82, 2.24) is 29.4 Å². The zero-order chi connectivity index (χ0) is 23.2. The first-order chi connectivity index (χ1) is 16.6. The lowest BCUT2D eigenvalue weighted by Crippen LogP contribution is -2.54. The number of piperazine rings is 1. The third-order valence-corrected chi connectivity index (χ3v) is 6.99. The van der Waals surface area contributed by atoms with Crippen molar-refractivity contribution in [3.63, 3.8) is 0 Å². The molecule has 172 valence electrons. The number of hydrogen-bond donors (Lipinski definition) is 1. The molecule has 1 fully saturated rings. The van der Waals surface area contributed by atoms with Crippen molar-refractivity contribution < 1.29 is 9.21 Å². The fourth-order valence-corrected chi connectivity index (χ4v) is 5.33. The van der Waals surface area contributed by atoms with E-state index in [0.29, 0.717) is 31.2 Å². The first kappa shape index (κ1) is 20.6. The van der Waals surface area contributed by atoms with Gasteiger partial charge in [-0.05, 0) is 31.2 Å². The number of nitrogens with zero attached hydrogens (tertiary/aromatic N) is 6. The Hall–Kier alpha value is -3.99. The molecular weight excluding hydrogens is 454 g/mol. The van der Waals surface area contributed by atoms with Crippen molar-refractivity contribution in [3.8, 4) is 23.1 Å². The van der Waals surface area contributed by atoms with Crippen LogP contribution >= 0.6 is 11.3 Å². The Morgan fingerprint density at radius 1 is 1.21 bits per heavy atom. The summed E-state index contributed by atoms with van der Waals surface area (Å²) in [4.78, 5) is 45.3. The first-order valence-corrected chi connectivity index (χ1v) is 11.8. The molecule has 0 spiro atoms. The number of fused-ring (bicyclic) bond motifs is 2. The second kappa shape index (κ2) is 8.10. The van der Waals surface area contributed by atoms with E-state index in [1.54, 1.807) is 34.2 Å². The van der Waals surface area contributed by atoms with Crippen molar-refractivity contribution in [2.75, 3.05) is 24.5 Å². The summed E-state index contributed by atoms with van der Waals surface area (Å²) in [6.45, 7) is 4.10. The maximum Gasteiger partial charge on any atom is 0.441 e. The van der Waals surface area contributed by atoms with Crippen LogP contribution in [-0.4, -0.2) is 61.0 Å². The van der Waals surface area contributed by atoms with Gasteiger partial charge in [0.2, 0.25) is 5.91 Å². The van der Waals surface area contributed by atoms with Gasteiger partial charge in [-0.15, -0.1) is 11.3 Å². The molecule has 34 heavy (non-hydrogen) atoms. The number of anilines is 1. The Morgan fingerprint density at radius 2 is 2.09 bits per heavy atom. The Kier molecular flexibility index (Phi) is 4.91. The van der Waals surface area contributed by atoms with Crippen LogP contribution in [0.4, 0.5) is 5.00 Å². The predicted molar refractivity (Wildman–Crippen MR) is 128 cm³/mol. The quantitative estimate of drug-likeness (QED) is 0.425. The standard InChI is InChI=1S/C23H21N7O3S/c1-14-11-29(22-19(24-13-34-22)20-25-15-5-2-3-6-16(15)26-20)9-10-30(14)18(31)12-28-8-4-7-17-21(28)27-23(32)33-17/h2-8,13-14H,9-12H2,1H3,(H,25,26). The van der Waals surface area contributed by atoms with Crippen LogP contribution in [0.3, 0.4) is 0 Å². The third-order valence-electron chi connectivity index (χ3n) is 6.10. The molecule has 11 heteroatoms. The van der Waals surface area contributed by atoms with Gasteiger partial charge in [0.25, 0.3) is 0 Å². The number of para-hydroxylation sites is 2. The van der Waals surface area contributed by atoms with E-state index in [1.165, 1.54) is 0 Å². The van der Waals surface area contributed by atoms with Crippen molar-refractivity contribution in [2.45, 2.75) is 19.5 Å². The smallest absolute Gasteiger partial charge is 0.405 e. The lowest BCUT2D eigenvalue weighted by molar-refractivity contribution is -0.134. The van der Waals surface area contributed by atoms with Gasteiger partial charge < -0.3 is 23.8 Å². The summed E-state index contributed by atoms with van der Waals surface area (Å²) in [7, 11) is 0. The first-order valence-electron chi connectivity index (χ1n) is 11.0. The van der Waals surface area contributed by atoms with E-state index in [1.807, 2.05) is 41.6 Å². The number of carbonyl (C=O) groups excluding carboxylic acids is 1. The largest absolute Gasteiger partial charge is 0.441 e. The van der Waals surface area contributed by atoms with E-state index in [2.05, 4.69) is 19.9 Å². The van der Waals surface area contributed by atoms with Gasteiger partial charge in [-0.3, -0.25) is 4.79 Å². The fourth-order valence-electron chi connectivity index (χ4n) is 4.49. The molecule has 5 heterocycles. The number of aromatic nitrogens is 5. The lowest BCUT2D eigenvalue weighted by Gasteiger charge is -2.40. The number of amides is 1. The molecule has 1 amide bonds. The summed E-state index contributed by atoms with van der Waals surface area (Å²) >= 11 is 1.58. The monoisotopic (exact) mass is 475 g/mol. The number of aromatic amines is 1. The number of hydrogen-bond acceptors (Lipinski definition) is 8. The third kappa shape index (κ3) is 3.54. The summed E-state index contributed by atoms with van der Waals surface area (Å²) in [6, 6.07) is 11.3. The minimum atomic E-state index is -0.658. The Bertz CT molecular complexity index is 1480. The fraction of sp³-hybridized carbons (Fsp3) is 0.261. The molecule has 6 rings (SSSR count). The molecule has 1 atom stereocenters. The molecule has 1 unspecified atom stereocenters. The minimum absolute atomic E-state index is 0.000875. The number of benzene rings is 1. The van der Waals surface area contributed by atoms with E-state index < -0.39 is 5.76 Å². The zero-order valence-electron chi connectivity index (χ0n) is 18.3. The number of rotatable bonds is 4. The number of thiazole rings is 1. The number of pyridine rings is 1. The van der Waals surface area contributed by atoms with Crippen molar-refractivity contribution in [2.24, 2.45) is 0 Å². The highest BCUT2D eigenvalue weighted by Gasteiger charge is 2.30. The highest BCUT2D eigenvalue weighted by molar-refractivity contribution is 7.14. The molecule has 10 nitrogen and oxygen atoms in total. The van der Waals surface area contributed by atoms with Crippen LogP contribution in [0.15, 0.2) is 57.3 Å². The van der Waals surface area contributed by atoms with Crippen LogP contribution in [0.1, 0.15) is 6.92 Å². The second-order valence-corrected chi connectivity index (χ2v) is 9.13. The van der Waals surface area contributed by atoms with Gasteiger partial charge in [-0.1, -0.05) is 12.1 Å². The zero-order valence-corrected chi connectivity index (χ0v) is 19.2. The minimum Gasteiger partial charge on any atom is -0.405 e. The van der Waals surface area contributed by atoms with Crippen LogP contribution in [-0.2, 0) is 11.3 Å². The molecule has 1 saturated heterocycles. The number of oxazole rings is 1. The number of imidazole rings is 1.